The van der Waals surface area contributed by atoms with E-state index in [1.54, 1.807) is 18.8 Å². The minimum absolute atomic E-state index is 0.0834. The molecule has 0 radical (unpaired) electrons. The summed E-state index contributed by atoms with van der Waals surface area (Å²) in [5.41, 5.74) is 5.72. The molecule has 14 heavy (non-hydrogen) atoms. The summed E-state index contributed by atoms with van der Waals surface area (Å²) < 4.78 is 5.71. The zero-order chi connectivity index (χ0) is 9.97. The molecule has 0 amide bonds. The van der Waals surface area contributed by atoms with Crippen LogP contribution in [-0.2, 0) is 0 Å². The Hall–Kier alpha value is -1.16. The Kier molecular flexibility index (Phi) is 2.63. The molecule has 1 aromatic carbocycles. The minimum atomic E-state index is -0.0834. The molecule has 1 heterocycles. The average Bonchev–Trinajstić information content (AvgIpc) is 2.27. The van der Waals surface area contributed by atoms with Gasteiger partial charge >= 0.3 is 0 Å². The molecule has 0 bridgehead atoms. The van der Waals surface area contributed by atoms with Crippen molar-refractivity contribution in [2.45, 2.75) is 11.0 Å². The van der Waals surface area contributed by atoms with Gasteiger partial charge in [-0.2, -0.15) is 0 Å². The molecule has 1 aliphatic heterocycles. The van der Waals surface area contributed by atoms with Gasteiger partial charge in [0.2, 0.25) is 0 Å². The molecule has 0 saturated heterocycles. The number of fused-ring (bicyclic) bond motifs is 1. The second-order valence-corrected chi connectivity index (χ2v) is 4.07. The van der Waals surface area contributed by atoms with Crippen molar-refractivity contribution >= 4 is 17.6 Å². The van der Waals surface area contributed by atoms with Gasteiger partial charge in [-0.3, -0.25) is 4.99 Å². The SMILES string of the molecule is CN=C(N)C1CSc2ccccc2O1. The van der Waals surface area contributed by atoms with E-state index < -0.39 is 0 Å². The van der Waals surface area contributed by atoms with Crippen LogP contribution in [0.15, 0.2) is 34.2 Å². The fraction of sp³-hybridized carbons (Fsp3) is 0.300. The number of para-hydroxylation sites is 1. The number of nitrogens with zero attached hydrogens (tertiary/aromatic N) is 1. The smallest absolute Gasteiger partial charge is 0.164 e. The molecule has 2 N–H and O–H groups in total. The fourth-order valence-electron chi connectivity index (χ4n) is 1.31. The second kappa shape index (κ2) is 3.92. The summed E-state index contributed by atoms with van der Waals surface area (Å²) in [7, 11) is 1.68. The molecule has 0 fully saturated rings. The summed E-state index contributed by atoms with van der Waals surface area (Å²) in [6.07, 6.45) is -0.0834. The van der Waals surface area contributed by atoms with Crippen LogP contribution in [0, 0.1) is 0 Å². The van der Waals surface area contributed by atoms with Crippen LogP contribution in [0.25, 0.3) is 0 Å². The summed E-state index contributed by atoms with van der Waals surface area (Å²) in [6, 6.07) is 7.97. The van der Waals surface area contributed by atoms with Crippen LogP contribution in [0.2, 0.25) is 0 Å². The van der Waals surface area contributed by atoms with Crippen molar-refractivity contribution < 1.29 is 4.74 Å². The fourth-order valence-corrected chi connectivity index (χ4v) is 2.31. The van der Waals surface area contributed by atoms with Crippen molar-refractivity contribution in [3.05, 3.63) is 24.3 Å². The molecule has 0 aromatic heterocycles. The standard InChI is InChI=1S/C10H12N2OS/c1-12-10(11)8-6-14-9-5-3-2-4-7(9)13-8/h2-5,8H,6H2,1H3,(H2,11,12). The summed E-state index contributed by atoms with van der Waals surface area (Å²) >= 11 is 1.75. The number of hydrogen-bond donors (Lipinski definition) is 1. The molecule has 1 unspecified atom stereocenters. The first-order valence-corrected chi connectivity index (χ1v) is 5.40. The Bertz CT molecular complexity index is 365. The number of ether oxygens (including phenoxy) is 1. The first-order valence-electron chi connectivity index (χ1n) is 4.42. The zero-order valence-corrected chi connectivity index (χ0v) is 8.75. The highest BCUT2D eigenvalue weighted by molar-refractivity contribution is 7.99. The molecule has 1 atom stereocenters. The normalized spacial score (nSPS) is 21.2. The first-order chi connectivity index (χ1) is 6.81. The topological polar surface area (TPSA) is 47.6 Å². The Morgan fingerprint density at radius 2 is 2.36 bits per heavy atom. The molecule has 1 aromatic rings. The predicted octanol–water partition coefficient (Wildman–Crippen LogP) is 1.53. The van der Waals surface area contributed by atoms with Crippen LogP contribution >= 0.6 is 11.8 Å². The molecular formula is C10H12N2OS. The van der Waals surface area contributed by atoms with Gasteiger partial charge in [-0.1, -0.05) is 12.1 Å². The largest absolute Gasteiger partial charge is 0.480 e. The van der Waals surface area contributed by atoms with Crippen molar-refractivity contribution in [3.8, 4) is 5.75 Å². The van der Waals surface area contributed by atoms with E-state index in [-0.39, 0.29) is 6.10 Å². The Labute approximate surface area is 87.4 Å². The first kappa shape index (κ1) is 9.40. The van der Waals surface area contributed by atoms with Gasteiger partial charge in [0.15, 0.2) is 6.10 Å². The number of nitrogens with two attached hydrogens (primary N) is 1. The van der Waals surface area contributed by atoms with E-state index in [0.29, 0.717) is 5.84 Å². The number of amidine groups is 1. The van der Waals surface area contributed by atoms with E-state index in [4.69, 9.17) is 10.5 Å². The van der Waals surface area contributed by atoms with Gasteiger partial charge in [0, 0.05) is 17.7 Å². The highest BCUT2D eigenvalue weighted by Crippen LogP contribution is 2.34. The lowest BCUT2D eigenvalue weighted by Gasteiger charge is -2.24. The molecule has 4 heteroatoms. The third-order valence-electron chi connectivity index (χ3n) is 2.10. The van der Waals surface area contributed by atoms with Crippen LogP contribution < -0.4 is 10.5 Å². The summed E-state index contributed by atoms with van der Waals surface area (Å²) in [5.74, 6) is 2.30. The van der Waals surface area contributed by atoms with Crippen molar-refractivity contribution in [2.24, 2.45) is 10.7 Å². The number of benzene rings is 1. The maximum Gasteiger partial charge on any atom is 0.164 e. The van der Waals surface area contributed by atoms with Crippen molar-refractivity contribution in [1.82, 2.24) is 0 Å². The maximum atomic E-state index is 5.72. The van der Waals surface area contributed by atoms with Gasteiger partial charge in [0.25, 0.3) is 0 Å². The quantitative estimate of drug-likeness (QED) is 0.562. The third-order valence-corrected chi connectivity index (χ3v) is 3.21. The second-order valence-electron chi connectivity index (χ2n) is 3.01. The molecule has 0 saturated carbocycles. The summed E-state index contributed by atoms with van der Waals surface area (Å²) in [4.78, 5) is 5.11. The lowest BCUT2D eigenvalue weighted by molar-refractivity contribution is 0.277. The van der Waals surface area contributed by atoms with Crippen LogP contribution in [0.3, 0.4) is 0 Å². The molecule has 0 spiro atoms. The number of thioether (sulfide) groups is 1. The number of hydrogen-bond acceptors (Lipinski definition) is 3. The maximum absolute atomic E-state index is 5.72. The van der Waals surface area contributed by atoms with Crippen LogP contribution in [0.4, 0.5) is 0 Å². The molecule has 2 rings (SSSR count). The van der Waals surface area contributed by atoms with Gasteiger partial charge in [-0.15, -0.1) is 11.8 Å². The summed E-state index contributed by atoms with van der Waals surface area (Å²) in [5, 5.41) is 0. The third kappa shape index (κ3) is 1.70. The molecule has 3 nitrogen and oxygen atoms in total. The van der Waals surface area contributed by atoms with E-state index >= 15 is 0 Å². The molecule has 0 aliphatic carbocycles. The monoisotopic (exact) mass is 208 g/mol. The zero-order valence-electron chi connectivity index (χ0n) is 7.93. The Balaban J connectivity index is 2.21. The molecular weight excluding hydrogens is 196 g/mol. The number of rotatable bonds is 1. The van der Waals surface area contributed by atoms with Crippen LogP contribution in [-0.4, -0.2) is 24.7 Å². The lowest BCUT2D eigenvalue weighted by Crippen LogP contribution is -2.37. The highest BCUT2D eigenvalue weighted by atomic mass is 32.2. The van der Waals surface area contributed by atoms with Gasteiger partial charge in [0.1, 0.15) is 11.6 Å². The van der Waals surface area contributed by atoms with E-state index in [1.807, 2.05) is 18.2 Å². The van der Waals surface area contributed by atoms with Crippen molar-refractivity contribution in [1.29, 1.82) is 0 Å². The van der Waals surface area contributed by atoms with E-state index in [9.17, 15) is 0 Å². The molecule has 1 aliphatic rings. The Morgan fingerprint density at radius 1 is 1.57 bits per heavy atom. The van der Waals surface area contributed by atoms with Gasteiger partial charge in [0.05, 0.1) is 0 Å². The van der Waals surface area contributed by atoms with Crippen molar-refractivity contribution in [3.63, 3.8) is 0 Å². The molecule has 74 valence electrons. The highest BCUT2D eigenvalue weighted by Gasteiger charge is 2.22. The number of aliphatic imine (C=N–C) groups is 1. The predicted molar refractivity (Wildman–Crippen MR) is 59.1 cm³/mol. The minimum Gasteiger partial charge on any atom is -0.480 e. The van der Waals surface area contributed by atoms with Gasteiger partial charge in [-0.25, -0.2) is 0 Å². The van der Waals surface area contributed by atoms with E-state index in [1.165, 1.54) is 4.90 Å². The van der Waals surface area contributed by atoms with E-state index in [2.05, 4.69) is 11.1 Å². The van der Waals surface area contributed by atoms with Crippen LogP contribution in [0.1, 0.15) is 0 Å². The van der Waals surface area contributed by atoms with E-state index in [0.717, 1.165) is 11.5 Å². The lowest BCUT2D eigenvalue weighted by atomic mass is 10.3. The Morgan fingerprint density at radius 3 is 3.14 bits per heavy atom. The van der Waals surface area contributed by atoms with Gasteiger partial charge < -0.3 is 10.5 Å². The van der Waals surface area contributed by atoms with Gasteiger partial charge in [-0.05, 0) is 12.1 Å². The average molecular weight is 208 g/mol. The summed E-state index contributed by atoms with van der Waals surface area (Å²) in [6.45, 7) is 0. The van der Waals surface area contributed by atoms with Crippen LogP contribution in [0.5, 0.6) is 5.75 Å². The van der Waals surface area contributed by atoms with Crippen molar-refractivity contribution in [2.75, 3.05) is 12.8 Å².